The first-order valence-corrected chi connectivity index (χ1v) is 15.4. The minimum atomic E-state index is -0.948. The third kappa shape index (κ3) is 4.55. The molecule has 2 aromatic heterocycles. The maximum Gasteiger partial charge on any atom is 0.319 e. The Morgan fingerprint density at radius 3 is 2.89 bits per heavy atom. The number of pyridine rings is 1. The van der Waals surface area contributed by atoms with Crippen molar-refractivity contribution in [3.05, 3.63) is 65.9 Å². The van der Waals surface area contributed by atoms with E-state index in [2.05, 4.69) is 44.5 Å². The van der Waals surface area contributed by atoms with E-state index in [-0.39, 0.29) is 41.0 Å². The molecule has 230 valence electrons. The first-order valence-electron chi connectivity index (χ1n) is 15.4. The fraction of sp³-hybridized carbons (Fsp3) is 0.400. The molecule has 0 aliphatic carbocycles. The molecule has 4 aliphatic rings. The number of nitrogens with zero attached hydrogens (tertiary/aromatic N) is 5. The summed E-state index contributed by atoms with van der Waals surface area (Å²) in [4.78, 5) is 18.3. The van der Waals surface area contributed by atoms with Gasteiger partial charge in [0.25, 0.3) is 0 Å². The standard InChI is InChI=1S/C35H33F3N6O/c1-4-24-27(37)9-8-21-6-5-7-25(28(21)24)30-29(38)31-26(14-39-30)32(43-17-23-10-11-34(3,18-43)42-23)41-33(40-31)45-19-35-12-20(2)15-44(35)16-22(36)13-35/h1,5-9,14,22-23,42H,2,10-13,15-19H2,3H3/t22-,23?,34?,35+/m0/s1. The van der Waals surface area contributed by atoms with Gasteiger partial charge in [-0.1, -0.05) is 42.3 Å². The number of terminal acetylenes is 1. The molecule has 45 heavy (non-hydrogen) atoms. The van der Waals surface area contributed by atoms with Crippen LogP contribution in [0.3, 0.4) is 0 Å². The highest BCUT2D eigenvalue weighted by molar-refractivity contribution is 6.02. The molecular weight excluding hydrogens is 577 g/mol. The van der Waals surface area contributed by atoms with Crippen LogP contribution < -0.4 is 15.0 Å². The van der Waals surface area contributed by atoms with E-state index >= 15 is 4.39 Å². The largest absolute Gasteiger partial charge is 0.461 e. The van der Waals surface area contributed by atoms with Crippen molar-refractivity contribution in [2.45, 2.75) is 55.9 Å². The van der Waals surface area contributed by atoms with E-state index in [0.29, 0.717) is 66.6 Å². The van der Waals surface area contributed by atoms with Crippen LogP contribution >= 0.6 is 0 Å². The highest BCUT2D eigenvalue weighted by atomic mass is 19.1. The van der Waals surface area contributed by atoms with Crippen LogP contribution in [0.25, 0.3) is 32.9 Å². The molecule has 4 fully saturated rings. The lowest BCUT2D eigenvalue weighted by Crippen LogP contribution is -2.58. The summed E-state index contributed by atoms with van der Waals surface area (Å²) in [7, 11) is 0. The normalized spacial score (nSPS) is 27.8. The van der Waals surface area contributed by atoms with Crippen LogP contribution in [-0.4, -0.2) is 75.9 Å². The summed E-state index contributed by atoms with van der Waals surface area (Å²) in [5.74, 6) is 1.73. The van der Waals surface area contributed by atoms with Crippen molar-refractivity contribution in [3.8, 4) is 29.6 Å². The summed E-state index contributed by atoms with van der Waals surface area (Å²) in [6.45, 7) is 8.82. The van der Waals surface area contributed by atoms with Crippen molar-refractivity contribution >= 4 is 27.5 Å². The number of hydrogen-bond donors (Lipinski definition) is 1. The summed E-state index contributed by atoms with van der Waals surface area (Å²) < 4.78 is 52.4. The number of nitrogens with one attached hydrogen (secondary N) is 1. The molecule has 4 aliphatic heterocycles. The van der Waals surface area contributed by atoms with Gasteiger partial charge in [-0.25, -0.2) is 13.2 Å². The smallest absolute Gasteiger partial charge is 0.319 e. The Bertz CT molecular complexity index is 1940. The molecule has 4 atom stereocenters. The van der Waals surface area contributed by atoms with Crippen LogP contribution in [0.1, 0.15) is 38.2 Å². The highest BCUT2D eigenvalue weighted by Gasteiger charge is 2.51. The first-order chi connectivity index (χ1) is 21.6. The molecule has 7 nitrogen and oxygen atoms in total. The maximum absolute atomic E-state index is 16.8. The molecule has 1 N–H and O–H groups in total. The van der Waals surface area contributed by atoms with E-state index < -0.39 is 23.3 Å². The lowest BCUT2D eigenvalue weighted by molar-refractivity contribution is 0.107. The molecule has 8 rings (SSSR count). The quantitative estimate of drug-likeness (QED) is 0.235. The van der Waals surface area contributed by atoms with Crippen molar-refractivity contribution in [1.82, 2.24) is 25.2 Å². The minimum Gasteiger partial charge on any atom is -0.461 e. The first kappa shape index (κ1) is 28.3. The van der Waals surface area contributed by atoms with Gasteiger partial charge in [-0.3, -0.25) is 9.88 Å². The average molecular weight is 611 g/mol. The molecule has 2 aromatic carbocycles. The van der Waals surface area contributed by atoms with Gasteiger partial charge in [0.15, 0.2) is 5.82 Å². The molecule has 0 radical (unpaired) electrons. The van der Waals surface area contributed by atoms with E-state index in [1.807, 2.05) is 0 Å². The molecule has 2 unspecified atom stereocenters. The van der Waals surface area contributed by atoms with Crippen LogP contribution in [0.15, 0.2) is 48.7 Å². The highest BCUT2D eigenvalue weighted by Crippen LogP contribution is 2.43. The molecule has 2 bridgehead atoms. The number of ether oxygens (including phenoxy) is 1. The molecule has 6 heterocycles. The van der Waals surface area contributed by atoms with Crippen LogP contribution in [0.2, 0.25) is 0 Å². The SMILES string of the molecule is C#Cc1c(F)ccc2cccc(-c3ncc4c(N5CC6CCC(C)(C5)N6)nc(OC[C@]56CC(=C)CN5C[C@@H](F)C6)nc4c3F)c12. The zero-order valence-electron chi connectivity index (χ0n) is 25.0. The van der Waals surface area contributed by atoms with Gasteiger partial charge in [-0.15, -0.1) is 6.42 Å². The number of aromatic nitrogens is 3. The zero-order valence-corrected chi connectivity index (χ0v) is 25.0. The van der Waals surface area contributed by atoms with Gasteiger partial charge in [0.1, 0.15) is 35.6 Å². The molecular formula is C35H33F3N6O. The number of piperazine rings is 1. The molecule has 4 aromatic rings. The van der Waals surface area contributed by atoms with E-state index in [9.17, 15) is 8.78 Å². The molecule has 0 spiro atoms. The van der Waals surface area contributed by atoms with Gasteiger partial charge in [-0.05, 0) is 37.6 Å². The Labute approximate surface area is 259 Å². The number of fused-ring (bicyclic) bond motifs is 5. The molecule has 0 amide bonds. The maximum atomic E-state index is 16.8. The van der Waals surface area contributed by atoms with Crippen molar-refractivity contribution in [1.29, 1.82) is 0 Å². The summed E-state index contributed by atoms with van der Waals surface area (Å²) in [6.07, 6.45) is 9.37. The topological polar surface area (TPSA) is 66.4 Å². The summed E-state index contributed by atoms with van der Waals surface area (Å²) in [5.41, 5.74) is 0.874. The van der Waals surface area contributed by atoms with Crippen molar-refractivity contribution in [3.63, 3.8) is 0 Å². The molecule has 0 saturated carbocycles. The summed E-state index contributed by atoms with van der Waals surface area (Å²) in [5, 5.41) is 5.23. The van der Waals surface area contributed by atoms with E-state index in [4.69, 9.17) is 16.1 Å². The number of anilines is 1. The van der Waals surface area contributed by atoms with Gasteiger partial charge >= 0.3 is 6.01 Å². The number of benzene rings is 2. The Kier molecular flexibility index (Phi) is 6.39. The lowest BCUT2D eigenvalue weighted by atomic mass is 9.93. The van der Waals surface area contributed by atoms with Gasteiger partial charge < -0.3 is 15.0 Å². The number of hydrogen-bond acceptors (Lipinski definition) is 7. The molecule has 4 saturated heterocycles. The van der Waals surface area contributed by atoms with Crippen LogP contribution in [0.5, 0.6) is 6.01 Å². The zero-order chi connectivity index (χ0) is 31.1. The third-order valence-electron chi connectivity index (χ3n) is 10.1. The predicted molar refractivity (Wildman–Crippen MR) is 168 cm³/mol. The Morgan fingerprint density at radius 2 is 2.07 bits per heavy atom. The van der Waals surface area contributed by atoms with E-state index in [1.54, 1.807) is 30.5 Å². The second-order valence-electron chi connectivity index (χ2n) is 13.4. The van der Waals surface area contributed by atoms with Crippen molar-refractivity contribution in [2.24, 2.45) is 0 Å². The second kappa shape index (κ2) is 10.2. The Balaban J connectivity index is 1.27. The van der Waals surface area contributed by atoms with Gasteiger partial charge in [-0.2, -0.15) is 9.97 Å². The summed E-state index contributed by atoms with van der Waals surface area (Å²) in [6, 6.07) is 8.47. The third-order valence-corrected chi connectivity index (χ3v) is 10.1. The van der Waals surface area contributed by atoms with Crippen LogP contribution in [-0.2, 0) is 0 Å². The predicted octanol–water partition coefficient (Wildman–Crippen LogP) is 5.56. The van der Waals surface area contributed by atoms with E-state index in [0.717, 1.165) is 18.4 Å². The second-order valence-corrected chi connectivity index (χ2v) is 13.4. The Morgan fingerprint density at radius 1 is 1.20 bits per heavy atom. The van der Waals surface area contributed by atoms with Crippen LogP contribution in [0, 0.1) is 24.0 Å². The fourth-order valence-corrected chi connectivity index (χ4v) is 8.16. The monoisotopic (exact) mass is 610 g/mol. The fourth-order valence-electron chi connectivity index (χ4n) is 8.16. The van der Waals surface area contributed by atoms with Gasteiger partial charge in [0.2, 0.25) is 0 Å². The number of halogens is 3. The molecule has 10 heteroatoms. The van der Waals surface area contributed by atoms with Gasteiger partial charge in [0, 0.05) is 61.3 Å². The minimum absolute atomic E-state index is 0.00562. The average Bonchev–Trinajstić information content (AvgIpc) is 3.59. The number of rotatable bonds is 5. The van der Waals surface area contributed by atoms with E-state index in [1.165, 1.54) is 6.07 Å². The van der Waals surface area contributed by atoms with Gasteiger partial charge in [0.05, 0.1) is 16.5 Å². The van der Waals surface area contributed by atoms with Crippen molar-refractivity contribution < 1.29 is 17.9 Å². The Hall–Kier alpha value is -4.20. The van der Waals surface area contributed by atoms with Crippen molar-refractivity contribution in [2.75, 3.05) is 37.7 Å². The summed E-state index contributed by atoms with van der Waals surface area (Å²) >= 11 is 0. The van der Waals surface area contributed by atoms with Crippen LogP contribution in [0.4, 0.5) is 19.0 Å². The number of alkyl halides is 1. The lowest BCUT2D eigenvalue weighted by Gasteiger charge is -2.40.